The van der Waals surface area contributed by atoms with Gasteiger partial charge in [-0.1, -0.05) is 11.8 Å². The summed E-state index contributed by atoms with van der Waals surface area (Å²) in [5, 5.41) is 7.29. The number of aromatic amines is 1. The van der Waals surface area contributed by atoms with Gasteiger partial charge in [0.2, 0.25) is 15.2 Å². The number of thioether (sulfide) groups is 1. The lowest BCUT2D eigenvalue weighted by Crippen LogP contribution is -2.26. The maximum Gasteiger partial charge on any atom is 0.240 e. The highest BCUT2D eigenvalue weighted by Crippen LogP contribution is 2.29. The molecule has 0 aliphatic heterocycles. The number of hydrogen-bond donors (Lipinski definition) is 2. The van der Waals surface area contributed by atoms with Crippen molar-refractivity contribution < 1.29 is 17.9 Å². The van der Waals surface area contributed by atoms with Gasteiger partial charge in [0.05, 0.1) is 19.1 Å². The lowest BCUT2D eigenvalue weighted by atomic mass is 10.3. The second kappa shape index (κ2) is 7.66. The number of sulfonamides is 1. The Balaban J connectivity index is 1.96. The van der Waals surface area contributed by atoms with Crippen LogP contribution in [0.3, 0.4) is 0 Å². The minimum absolute atomic E-state index is 0.119. The number of aromatic nitrogens is 3. The van der Waals surface area contributed by atoms with Crippen LogP contribution in [-0.2, 0) is 10.0 Å². The van der Waals surface area contributed by atoms with E-state index >= 15 is 0 Å². The lowest BCUT2D eigenvalue weighted by Gasteiger charge is -2.10. The van der Waals surface area contributed by atoms with Crippen LogP contribution in [0.5, 0.6) is 11.5 Å². The average Bonchev–Trinajstić information content (AvgIpc) is 2.96. The highest BCUT2D eigenvalue weighted by Gasteiger charge is 2.16. The van der Waals surface area contributed by atoms with Crippen molar-refractivity contribution in [3.05, 3.63) is 24.0 Å². The number of benzene rings is 1. The number of nitrogens with one attached hydrogen (secondary N) is 2. The molecular weight excluding hydrogens is 340 g/mol. The Kier molecular flexibility index (Phi) is 5.85. The Morgan fingerprint density at radius 1 is 1.26 bits per heavy atom. The maximum atomic E-state index is 12.3. The van der Waals surface area contributed by atoms with Gasteiger partial charge in [-0.05, 0) is 19.1 Å². The first-order valence-corrected chi connectivity index (χ1v) is 9.16. The molecule has 0 spiro atoms. The summed E-state index contributed by atoms with van der Waals surface area (Å²) < 4.78 is 37.3. The molecule has 2 N–H and O–H groups in total. The van der Waals surface area contributed by atoms with E-state index in [0.717, 1.165) is 5.82 Å². The molecular formula is C13H18N4O4S2. The molecule has 0 fully saturated rings. The fourth-order valence-electron chi connectivity index (χ4n) is 1.77. The van der Waals surface area contributed by atoms with E-state index in [2.05, 4.69) is 19.9 Å². The molecule has 23 heavy (non-hydrogen) atoms. The minimum atomic E-state index is -3.61. The first-order valence-electron chi connectivity index (χ1n) is 6.70. The molecule has 0 unspecified atom stereocenters. The van der Waals surface area contributed by atoms with Gasteiger partial charge in [0, 0.05) is 18.4 Å². The first kappa shape index (κ1) is 17.6. The summed E-state index contributed by atoms with van der Waals surface area (Å²) in [6.45, 7) is 2.06. The van der Waals surface area contributed by atoms with E-state index in [0.29, 0.717) is 22.4 Å². The van der Waals surface area contributed by atoms with Crippen LogP contribution in [-0.4, -0.2) is 50.1 Å². The number of H-pyrrole nitrogens is 1. The van der Waals surface area contributed by atoms with Crippen molar-refractivity contribution >= 4 is 21.8 Å². The van der Waals surface area contributed by atoms with E-state index in [1.165, 1.54) is 38.1 Å². The second-order valence-electron chi connectivity index (χ2n) is 4.47. The lowest BCUT2D eigenvalue weighted by molar-refractivity contribution is 0.354. The normalized spacial score (nSPS) is 11.4. The molecule has 0 atom stereocenters. The molecule has 0 aliphatic rings. The molecule has 0 aliphatic carbocycles. The highest BCUT2D eigenvalue weighted by atomic mass is 32.2. The predicted molar refractivity (Wildman–Crippen MR) is 86.6 cm³/mol. The second-order valence-corrected chi connectivity index (χ2v) is 7.30. The van der Waals surface area contributed by atoms with Gasteiger partial charge in [0.25, 0.3) is 0 Å². The zero-order valence-corrected chi connectivity index (χ0v) is 14.6. The molecule has 0 saturated heterocycles. The fraction of sp³-hybridized carbons (Fsp3) is 0.385. The van der Waals surface area contributed by atoms with Crippen molar-refractivity contribution in [3.63, 3.8) is 0 Å². The van der Waals surface area contributed by atoms with Crippen LogP contribution in [0.1, 0.15) is 5.82 Å². The first-order chi connectivity index (χ1) is 11.0. The predicted octanol–water partition coefficient (Wildman–Crippen LogP) is 1.20. The van der Waals surface area contributed by atoms with Crippen molar-refractivity contribution in [1.82, 2.24) is 19.9 Å². The highest BCUT2D eigenvalue weighted by molar-refractivity contribution is 7.99. The number of nitrogens with zero attached hydrogens (tertiary/aromatic N) is 2. The van der Waals surface area contributed by atoms with Crippen LogP contribution in [0.4, 0.5) is 0 Å². The number of aryl methyl sites for hydroxylation is 1. The van der Waals surface area contributed by atoms with Crippen molar-refractivity contribution in [2.75, 3.05) is 26.5 Å². The summed E-state index contributed by atoms with van der Waals surface area (Å²) >= 11 is 1.37. The van der Waals surface area contributed by atoms with Gasteiger partial charge in [-0.25, -0.2) is 18.1 Å². The van der Waals surface area contributed by atoms with Crippen LogP contribution in [0, 0.1) is 6.92 Å². The van der Waals surface area contributed by atoms with Gasteiger partial charge in [-0.3, -0.25) is 5.10 Å². The topological polar surface area (TPSA) is 106 Å². The van der Waals surface area contributed by atoms with E-state index in [9.17, 15) is 8.42 Å². The zero-order valence-electron chi connectivity index (χ0n) is 13.0. The molecule has 126 valence electrons. The molecule has 2 rings (SSSR count). The molecule has 1 heterocycles. The van der Waals surface area contributed by atoms with Crippen molar-refractivity contribution in [2.45, 2.75) is 17.0 Å². The smallest absolute Gasteiger partial charge is 0.240 e. The summed E-state index contributed by atoms with van der Waals surface area (Å²) in [6, 6.07) is 4.45. The van der Waals surface area contributed by atoms with E-state index in [4.69, 9.17) is 9.47 Å². The Hall–Kier alpha value is -1.78. The van der Waals surface area contributed by atoms with Gasteiger partial charge < -0.3 is 9.47 Å². The van der Waals surface area contributed by atoms with Crippen molar-refractivity contribution in [1.29, 1.82) is 0 Å². The van der Waals surface area contributed by atoms with E-state index in [1.54, 1.807) is 13.0 Å². The molecule has 0 saturated carbocycles. The van der Waals surface area contributed by atoms with Gasteiger partial charge >= 0.3 is 0 Å². The molecule has 2 aromatic rings. The van der Waals surface area contributed by atoms with Gasteiger partial charge in [0.1, 0.15) is 5.82 Å². The van der Waals surface area contributed by atoms with Crippen LogP contribution in [0.25, 0.3) is 0 Å². The van der Waals surface area contributed by atoms with E-state index in [-0.39, 0.29) is 11.4 Å². The number of ether oxygens (including phenoxy) is 2. The third-order valence-electron chi connectivity index (χ3n) is 2.87. The maximum absolute atomic E-state index is 12.3. The SMILES string of the molecule is COc1ccc(S(=O)(=O)NCCSc2n[nH]c(C)n2)cc1OC. The van der Waals surface area contributed by atoms with Gasteiger partial charge in [0.15, 0.2) is 11.5 Å². The van der Waals surface area contributed by atoms with Crippen LogP contribution in [0.2, 0.25) is 0 Å². The number of hydrogen-bond acceptors (Lipinski definition) is 7. The Bertz CT molecular complexity index is 761. The van der Waals surface area contributed by atoms with E-state index < -0.39 is 10.0 Å². The largest absolute Gasteiger partial charge is 0.493 e. The van der Waals surface area contributed by atoms with Gasteiger partial charge in [-0.2, -0.15) is 0 Å². The third kappa shape index (κ3) is 4.60. The molecule has 0 radical (unpaired) electrons. The van der Waals surface area contributed by atoms with Crippen LogP contribution < -0.4 is 14.2 Å². The molecule has 10 heteroatoms. The minimum Gasteiger partial charge on any atom is -0.493 e. The summed E-state index contributed by atoms with van der Waals surface area (Å²) in [5.41, 5.74) is 0. The summed E-state index contributed by atoms with van der Waals surface area (Å²) in [6.07, 6.45) is 0. The molecule has 8 nitrogen and oxygen atoms in total. The monoisotopic (exact) mass is 358 g/mol. The third-order valence-corrected chi connectivity index (χ3v) is 5.18. The summed E-state index contributed by atoms with van der Waals surface area (Å²) in [7, 11) is -0.667. The molecule has 0 bridgehead atoms. The van der Waals surface area contributed by atoms with Crippen LogP contribution in [0.15, 0.2) is 28.3 Å². The van der Waals surface area contributed by atoms with Crippen molar-refractivity contribution in [2.24, 2.45) is 0 Å². The Morgan fingerprint density at radius 3 is 2.61 bits per heavy atom. The van der Waals surface area contributed by atoms with Crippen molar-refractivity contribution in [3.8, 4) is 11.5 Å². The molecule has 0 amide bonds. The number of methoxy groups -OCH3 is 2. The Morgan fingerprint density at radius 2 is 2.00 bits per heavy atom. The zero-order chi connectivity index (χ0) is 16.9. The van der Waals surface area contributed by atoms with E-state index in [1.807, 2.05) is 0 Å². The summed E-state index contributed by atoms with van der Waals surface area (Å²) in [4.78, 5) is 4.25. The fourth-order valence-corrected chi connectivity index (χ4v) is 3.65. The number of rotatable bonds is 8. The quantitative estimate of drug-likeness (QED) is 0.539. The van der Waals surface area contributed by atoms with Gasteiger partial charge in [-0.15, -0.1) is 5.10 Å². The standard InChI is InChI=1S/C13H18N4O4S2/c1-9-15-13(17-16-9)22-7-6-14-23(18,19)10-4-5-11(20-2)12(8-10)21-3/h4-5,8,14H,6-7H2,1-3H3,(H,15,16,17). The van der Waals surface area contributed by atoms with Crippen LogP contribution >= 0.6 is 11.8 Å². The molecule has 1 aromatic carbocycles. The Labute approximate surface area is 139 Å². The molecule has 1 aromatic heterocycles. The summed E-state index contributed by atoms with van der Waals surface area (Å²) in [5.74, 6) is 2.07. The average molecular weight is 358 g/mol.